The molecule has 1 unspecified atom stereocenters. The van der Waals surface area contributed by atoms with Crippen LogP contribution in [0.3, 0.4) is 0 Å². The molecule has 0 bridgehead atoms. The van der Waals surface area contributed by atoms with E-state index in [2.05, 4.69) is 0 Å². The summed E-state index contributed by atoms with van der Waals surface area (Å²) >= 11 is 0. The lowest BCUT2D eigenvalue weighted by molar-refractivity contribution is -0.140. The third-order valence-corrected chi connectivity index (χ3v) is 3.59. The summed E-state index contributed by atoms with van der Waals surface area (Å²) in [5, 5.41) is 9.19. The van der Waals surface area contributed by atoms with Crippen LogP contribution in [0.5, 0.6) is 0 Å². The number of carboxylic acid groups (broad SMARTS) is 1. The lowest BCUT2D eigenvalue weighted by Crippen LogP contribution is -2.19. The quantitative estimate of drug-likeness (QED) is 0.850. The van der Waals surface area contributed by atoms with Crippen LogP contribution in [0.2, 0.25) is 0 Å². The molecule has 1 aliphatic rings. The molecule has 17 heavy (non-hydrogen) atoms. The zero-order valence-corrected chi connectivity index (χ0v) is 10.3. The maximum atomic E-state index is 11.2. The monoisotopic (exact) mass is 234 g/mol. The number of carbonyl (C=O) groups is 1. The van der Waals surface area contributed by atoms with E-state index in [0.29, 0.717) is 0 Å². The van der Waals surface area contributed by atoms with E-state index in [1.165, 1.54) is 5.56 Å². The average Bonchev–Trinajstić information content (AvgIpc) is 3.11. The van der Waals surface area contributed by atoms with Gasteiger partial charge in [0.05, 0.1) is 11.5 Å². The van der Waals surface area contributed by atoms with Gasteiger partial charge in [-0.3, -0.25) is 4.79 Å². The Labute approximate surface area is 101 Å². The van der Waals surface area contributed by atoms with Crippen molar-refractivity contribution in [2.75, 3.05) is 7.11 Å². The Morgan fingerprint density at radius 2 is 2.00 bits per heavy atom. The van der Waals surface area contributed by atoms with E-state index in [9.17, 15) is 9.90 Å². The standard InChI is InChI=1S/C14H18O3/c1-10(17-2)9-11-3-5-12(6-4-11)14(7-8-14)13(15)16/h3-6,10H,7-9H2,1-2H3,(H,15,16). The summed E-state index contributed by atoms with van der Waals surface area (Å²) in [6, 6.07) is 7.90. The summed E-state index contributed by atoms with van der Waals surface area (Å²) in [6.07, 6.45) is 2.57. The van der Waals surface area contributed by atoms with Gasteiger partial charge in [-0.1, -0.05) is 24.3 Å². The highest BCUT2D eigenvalue weighted by Crippen LogP contribution is 2.48. The van der Waals surface area contributed by atoms with Gasteiger partial charge in [-0.2, -0.15) is 0 Å². The van der Waals surface area contributed by atoms with E-state index >= 15 is 0 Å². The van der Waals surface area contributed by atoms with Gasteiger partial charge < -0.3 is 9.84 Å². The normalized spacial score (nSPS) is 18.7. The second kappa shape index (κ2) is 4.49. The molecule has 1 atom stereocenters. The smallest absolute Gasteiger partial charge is 0.314 e. The highest BCUT2D eigenvalue weighted by atomic mass is 16.5. The largest absolute Gasteiger partial charge is 0.481 e. The maximum Gasteiger partial charge on any atom is 0.314 e. The first-order chi connectivity index (χ1) is 8.08. The third kappa shape index (κ3) is 2.34. The first kappa shape index (κ1) is 12.1. The minimum Gasteiger partial charge on any atom is -0.481 e. The number of ether oxygens (including phenoxy) is 1. The van der Waals surface area contributed by atoms with Gasteiger partial charge in [-0.05, 0) is 37.3 Å². The van der Waals surface area contributed by atoms with Crippen LogP contribution in [0.1, 0.15) is 30.9 Å². The molecular formula is C14H18O3. The number of aliphatic carboxylic acids is 1. The minimum absolute atomic E-state index is 0.190. The molecule has 1 saturated carbocycles. The van der Waals surface area contributed by atoms with Gasteiger partial charge in [0.15, 0.2) is 0 Å². The first-order valence-corrected chi connectivity index (χ1v) is 5.94. The summed E-state index contributed by atoms with van der Waals surface area (Å²) < 4.78 is 5.21. The molecule has 0 aliphatic heterocycles. The number of rotatable bonds is 5. The Morgan fingerprint density at radius 1 is 1.41 bits per heavy atom. The number of methoxy groups -OCH3 is 1. The average molecular weight is 234 g/mol. The fourth-order valence-electron chi connectivity index (χ4n) is 2.13. The van der Waals surface area contributed by atoms with Crippen molar-refractivity contribution in [3.8, 4) is 0 Å². The predicted molar refractivity (Wildman–Crippen MR) is 65.2 cm³/mol. The van der Waals surface area contributed by atoms with Crippen molar-refractivity contribution in [2.24, 2.45) is 0 Å². The summed E-state index contributed by atoms with van der Waals surface area (Å²) in [5.41, 5.74) is 1.52. The van der Waals surface area contributed by atoms with Crippen LogP contribution in [0, 0.1) is 0 Å². The van der Waals surface area contributed by atoms with Gasteiger partial charge in [0, 0.05) is 7.11 Å². The molecule has 1 aromatic carbocycles. The van der Waals surface area contributed by atoms with Crippen LogP contribution >= 0.6 is 0 Å². The van der Waals surface area contributed by atoms with Crippen molar-refractivity contribution in [1.82, 2.24) is 0 Å². The third-order valence-electron chi connectivity index (χ3n) is 3.59. The lowest BCUT2D eigenvalue weighted by atomic mass is 9.94. The molecule has 0 aromatic heterocycles. The van der Waals surface area contributed by atoms with Gasteiger partial charge in [0.2, 0.25) is 0 Å². The Bertz CT molecular complexity index is 404. The van der Waals surface area contributed by atoms with Crippen molar-refractivity contribution >= 4 is 5.97 Å². The molecule has 1 fully saturated rings. The van der Waals surface area contributed by atoms with Crippen LogP contribution in [0.15, 0.2) is 24.3 Å². The zero-order chi connectivity index (χ0) is 12.5. The molecule has 1 aromatic rings. The molecule has 1 N–H and O–H groups in total. The highest BCUT2D eigenvalue weighted by Gasteiger charge is 2.51. The van der Waals surface area contributed by atoms with E-state index in [4.69, 9.17) is 4.74 Å². The van der Waals surface area contributed by atoms with Crippen LogP contribution in [0.25, 0.3) is 0 Å². The van der Waals surface area contributed by atoms with Gasteiger partial charge >= 0.3 is 5.97 Å². The van der Waals surface area contributed by atoms with Crippen molar-refractivity contribution < 1.29 is 14.6 Å². The van der Waals surface area contributed by atoms with Gasteiger partial charge in [-0.25, -0.2) is 0 Å². The van der Waals surface area contributed by atoms with Crippen molar-refractivity contribution in [3.05, 3.63) is 35.4 Å². The fraction of sp³-hybridized carbons (Fsp3) is 0.500. The molecule has 3 heteroatoms. The molecule has 2 rings (SSSR count). The Kier molecular flexibility index (Phi) is 3.20. The van der Waals surface area contributed by atoms with Crippen LogP contribution in [0.4, 0.5) is 0 Å². The predicted octanol–water partition coefficient (Wildman–Crippen LogP) is 2.38. The van der Waals surface area contributed by atoms with E-state index in [-0.39, 0.29) is 6.10 Å². The van der Waals surface area contributed by atoms with Gasteiger partial charge in [0.1, 0.15) is 0 Å². The summed E-state index contributed by atoms with van der Waals surface area (Å²) in [5.74, 6) is -0.699. The van der Waals surface area contributed by atoms with Crippen molar-refractivity contribution in [3.63, 3.8) is 0 Å². The molecule has 0 heterocycles. The van der Waals surface area contributed by atoms with Crippen LogP contribution in [-0.2, 0) is 21.4 Å². The zero-order valence-electron chi connectivity index (χ0n) is 10.3. The lowest BCUT2D eigenvalue weighted by Gasteiger charge is -2.12. The maximum absolute atomic E-state index is 11.2. The summed E-state index contributed by atoms with van der Waals surface area (Å²) in [7, 11) is 1.70. The number of hydrogen-bond donors (Lipinski definition) is 1. The summed E-state index contributed by atoms with van der Waals surface area (Å²) in [4.78, 5) is 11.2. The molecule has 0 amide bonds. The number of benzene rings is 1. The fourth-order valence-corrected chi connectivity index (χ4v) is 2.13. The Morgan fingerprint density at radius 3 is 2.41 bits per heavy atom. The van der Waals surface area contributed by atoms with E-state index < -0.39 is 11.4 Å². The first-order valence-electron chi connectivity index (χ1n) is 5.94. The molecule has 3 nitrogen and oxygen atoms in total. The number of hydrogen-bond acceptors (Lipinski definition) is 2. The Balaban J connectivity index is 2.11. The van der Waals surface area contributed by atoms with E-state index in [1.807, 2.05) is 31.2 Å². The van der Waals surface area contributed by atoms with E-state index in [1.54, 1.807) is 7.11 Å². The minimum atomic E-state index is -0.699. The van der Waals surface area contributed by atoms with Crippen molar-refractivity contribution in [1.29, 1.82) is 0 Å². The second-order valence-electron chi connectivity index (χ2n) is 4.83. The second-order valence-corrected chi connectivity index (χ2v) is 4.83. The molecule has 92 valence electrons. The van der Waals surface area contributed by atoms with Crippen LogP contribution in [-0.4, -0.2) is 24.3 Å². The Hall–Kier alpha value is -1.35. The molecule has 0 radical (unpaired) electrons. The number of carboxylic acids is 1. The van der Waals surface area contributed by atoms with E-state index in [0.717, 1.165) is 24.8 Å². The topological polar surface area (TPSA) is 46.5 Å². The summed E-state index contributed by atoms with van der Waals surface area (Å²) in [6.45, 7) is 2.02. The molecule has 0 saturated heterocycles. The van der Waals surface area contributed by atoms with Gasteiger partial charge in [-0.15, -0.1) is 0 Å². The molecule has 1 aliphatic carbocycles. The van der Waals surface area contributed by atoms with Gasteiger partial charge in [0.25, 0.3) is 0 Å². The highest BCUT2D eigenvalue weighted by molar-refractivity contribution is 5.84. The van der Waals surface area contributed by atoms with Crippen LogP contribution < -0.4 is 0 Å². The van der Waals surface area contributed by atoms with Crippen molar-refractivity contribution in [2.45, 2.75) is 37.7 Å². The molecular weight excluding hydrogens is 216 g/mol. The molecule has 0 spiro atoms. The SMILES string of the molecule is COC(C)Cc1ccc(C2(C(=O)O)CC2)cc1.